The van der Waals surface area contributed by atoms with E-state index >= 15 is 0 Å². The van der Waals surface area contributed by atoms with Crippen LogP contribution in [0.4, 0.5) is 13.2 Å². The smallest absolute Gasteiger partial charge is 0.480 e. The van der Waals surface area contributed by atoms with Crippen LogP contribution in [0.2, 0.25) is 0 Å². The molecule has 2 saturated heterocycles. The molecular weight excluding hydrogens is 791 g/mol. The van der Waals surface area contributed by atoms with Gasteiger partial charge in [-0.2, -0.15) is 13.2 Å². The predicted molar refractivity (Wildman–Crippen MR) is 217 cm³/mol. The Morgan fingerprint density at radius 2 is 1.60 bits per heavy atom. The summed E-state index contributed by atoms with van der Waals surface area (Å²) in [5.41, 5.74) is 0.0435. The summed E-state index contributed by atoms with van der Waals surface area (Å²) in [5, 5.41) is 26.1. The highest BCUT2D eigenvalue weighted by Gasteiger charge is 2.44. The van der Waals surface area contributed by atoms with Gasteiger partial charge in [-0.25, -0.2) is 9.59 Å². The standard InChI is InChI=1S/C40H65N5O8.C2HF3O2/c1-10-26(4)34(44(7)37(48)33(25(2)3)43-39(51)40(6)20-14-15-21-41-40)31(52-8)24-32(46)45-22-16-19-30(45)35(53-9)27(5)36(47)42-29(38(49)50)23-28-17-12-11-13-18-28;3-2(4,5)1(6)7/h11-13,17-18,25-27,29-31,33-35,41H,10,14-16,19-24H2,1-9H3,(H,42,47)(H,43,51)(H,49,50);(H,6,7)/t26-,27+,29-,30-,31+,33-,34-,35+,40+;/m0./s1. The molecule has 0 aromatic heterocycles. The molecule has 0 aliphatic carbocycles. The number of rotatable bonds is 19. The van der Waals surface area contributed by atoms with E-state index in [1.165, 1.54) is 7.11 Å². The second-order valence-electron chi connectivity index (χ2n) is 16.4. The zero-order valence-corrected chi connectivity index (χ0v) is 36.3. The van der Waals surface area contributed by atoms with Crippen LogP contribution in [-0.4, -0.2) is 138 Å². The fourth-order valence-electron chi connectivity index (χ4n) is 7.94. The van der Waals surface area contributed by atoms with E-state index < -0.39 is 71.9 Å². The summed E-state index contributed by atoms with van der Waals surface area (Å²) in [7, 11) is 4.77. The minimum absolute atomic E-state index is 0.00447. The van der Waals surface area contributed by atoms with Crippen LogP contribution in [0.5, 0.6) is 0 Å². The molecule has 2 heterocycles. The third-order valence-electron chi connectivity index (χ3n) is 11.7. The monoisotopic (exact) mass is 857 g/mol. The molecular formula is C42H66F3N5O10. The molecule has 1 aromatic rings. The van der Waals surface area contributed by atoms with E-state index in [2.05, 4.69) is 16.0 Å². The second kappa shape index (κ2) is 23.6. The number of benzene rings is 1. The van der Waals surface area contributed by atoms with Crippen LogP contribution in [0.15, 0.2) is 30.3 Å². The summed E-state index contributed by atoms with van der Waals surface area (Å²) in [6.07, 6.45) is -1.60. The molecule has 0 saturated carbocycles. The Morgan fingerprint density at radius 1 is 0.983 bits per heavy atom. The quantitative estimate of drug-likeness (QED) is 0.135. The molecule has 9 atom stereocenters. The number of nitrogens with zero attached hydrogens (tertiary/aromatic N) is 2. The van der Waals surface area contributed by atoms with Gasteiger partial charge in [0.1, 0.15) is 12.1 Å². The number of hydrogen-bond acceptors (Lipinski definition) is 9. The first-order chi connectivity index (χ1) is 28.0. The molecule has 4 amide bonds. The molecule has 5 N–H and O–H groups in total. The Labute approximate surface area is 351 Å². The molecule has 60 heavy (non-hydrogen) atoms. The number of likely N-dealkylation sites (N-methyl/N-ethyl adjacent to an activating group) is 1. The lowest BCUT2D eigenvalue weighted by Crippen LogP contribution is -2.63. The predicted octanol–water partition coefficient (Wildman–Crippen LogP) is 4.03. The number of amides is 4. The van der Waals surface area contributed by atoms with Crippen molar-refractivity contribution in [1.29, 1.82) is 0 Å². The minimum Gasteiger partial charge on any atom is -0.480 e. The number of likely N-dealkylation sites (tertiary alicyclic amines) is 1. The van der Waals surface area contributed by atoms with Gasteiger partial charge in [0, 0.05) is 34.2 Å². The van der Waals surface area contributed by atoms with Gasteiger partial charge < -0.3 is 45.4 Å². The van der Waals surface area contributed by atoms with Crippen molar-refractivity contribution in [3.05, 3.63) is 35.9 Å². The van der Waals surface area contributed by atoms with Gasteiger partial charge in [0.15, 0.2) is 0 Å². The molecule has 2 aliphatic heterocycles. The number of ether oxygens (including phenoxy) is 2. The molecule has 2 fully saturated rings. The number of aliphatic carboxylic acids is 2. The molecule has 0 radical (unpaired) electrons. The fraction of sp³-hybridized carbons (Fsp3) is 0.714. The molecule has 0 spiro atoms. The van der Waals surface area contributed by atoms with Crippen LogP contribution in [0.25, 0.3) is 0 Å². The fourth-order valence-corrected chi connectivity index (χ4v) is 7.94. The average molecular weight is 858 g/mol. The van der Waals surface area contributed by atoms with E-state index in [0.717, 1.165) is 31.4 Å². The first kappa shape index (κ1) is 51.8. The van der Waals surface area contributed by atoms with Crippen LogP contribution in [0.3, 0.4) is 0 Å². The lowest BCUT2D eigenvalue weighted by Gasteiger charge is -2.41. The largest absolute Gasteiger partial charge is 0.490 e. The highest BCUT2D eigenvalue weighted by molar-refractivity contribution is 5.92. The number of alkyl halides is 3. The highest BCUT2D eigenvalue weighted by Crippen LogP contribution is 2.30. The number of carbonyl (C=O) groups is 6. The average Bonchev–Trinajstić information content (AvgIpc) is 3.69. The normalized spacial score (nSPS) is 21.6. The van der Waals surface area contributed by atoms with E-state index in [0.29, 0.717) is 25.8 Å². The van der Waals surface area contributed by atoms with E-state index in [1.807, 2.05) is 65.0 Å². The Balaban J connectivity index is 0.00000162. The number of hydrogen-bond donors (Lipinski definition) is 5. The van der Waals surface area contributed by atoms with Crippen molar-refractivity contribution < 1.29 is 61.6 Å². The van der Waals surface area contributed by atoms with Crippen molar-refractivity contribution in [1.82, 2.24) is 25.8 Å². The summed E-state index contributed by atoms with van der Waals surface area (Å²) in [6, 6.07) is 6.34. The number of halogens is 3. The topological polar surface area (TPSA) is 204 Å². The molecule has 3 rings (SSSR count). The molecule has 2 aliphatic rings. The molecule has 1 aromatic carbocycles. The van der Waals surface area contributed by atoms with Gasteiger partial charge in [-0.05, 0) is 63.0 Å². The molecule has 15 nitrogen and oxygen atoms in total. The summed E-state index contributed by atoms with van der Waals surface area (Å²) in [4.78, 5) is 79.7. The van der Waals surface area contributed by atoms with Gasteiger partial charge in [-0.1, -0.05) is 71.4 Å². The Kier molecular flexibility index (Phi) is 20.4. The summed E-state index contributed by atoms with van der Waals surface area (Å²) < 4.78 is 43.6. The second-order valence-corrected chi connectivity index (χ2v) is 16.4. The third-order valence-corrected chi connectivity index (χ3v) is 11.7. The van der Waals surface area contributed by atoms with Crippen LogP contribution < -0.4 is 16.0 Å². The van der Waals surface area contributed by atoms with Crippen molar-refractivity contribution in [3.63, 3.8) is 0 Å². The summed E-state index contributed by atoms with van der Waals surface area (Å²) >= 11 is 0. The molecule has 18 heteroatoms. The zero-order chi connectivity index (χ0) is 45.5. The summed E-state index contributed by atoms with van der Waals surface area (Å²) in [6.45, 7) is 12.7. The number of piperidine rings is 1. The van der Waals surface area contributed by atoms with E-state index in [4.69, 9.17) is 19.4 Å². The maximum atomic E-state index is 14.2. The van der Waals surface area contributed by atoms with Crippen molar-refractivity contribution in [2.75, 3.05) is 34.4 Å². The van der Waals surface area contributed by atoms with Gasteiger partial charge in [0.05, 0.1) is 42.2 Å². The number of nitrogens with one attached hydrogen (secondary N) is 3. The van der Waals surface area contributed by atoms with Crippen LogP contribution >= 0.6 is 0 Å². The molecule has 340 valence electrons. The number of carboxylic acids is 2. The van der Waals surface area contributed by atoms with Crippen LogP contribution in [0.1, 0.15) is 92.1 Å². The first-order valence-electron chi connectivity index (χ1n) is 20.6. The van der Waals surface area contributed by atoms with Gasteiger partial charge in [-0.3, -0.25) is 19.2 Å². The van der Waals surface area contributed by atoms with Crippen molar-refractivity contribution in [2.45, 2.75) is 141 Å². The Bertz CT molecular complexity index is 1580. The van der Waals surface area contributed by atoms with E-state index in [1.54, 1.807) is 30.9 Å². The SMILES string of the molecule is CC[C@H](C)[C@@H]([C@@H](CC(=O)N1CCC[C@H]1[C@H](OC)[C@@H](C)C(=O)N[C@@H](Cc1ccccc1)C(=O)O)OC)N(C)C(=O)[C@@H](NC(=O)[C@@]1(C)CCCCN1)C(C)C.O=C(O)C(F)(F)F. The van der Waals surface area contributed by atoms with Crippen molar-refractivity contribution in [3.8, 4) is 0 Å². The highest BCUT2D eigenvalue weighted by atomic mass is 19.4. The third kappa shape index (κ3) is 14.4. The molecule has 0 unspecified atom stereocenters. The van der Waals surface area contributed by atoms with Gasteiger partial charge >= 0.3 is 18.1 Å². The maximum absolute atomic E-state index is 14.2. The van der Waals surface area contributed by atoms with Crippen molar-refractivity contribution >= 4 is 35.6 Å². The van der Waals surface area contributed by atoms with Crippen LogP contribution in [-0.2, 0) is 44.7 Å². The Hall–Kier alpha value is -4.29. The minimum atomic E-state index is -5.08. The van der Waals surface area contributed by atoms with E-state index in [9.17, 15) is 42.3 Å². The van der Waals surface area contributed by atoms with Crippen LogP contribution in [0, 0.1) is 17.8 Å². The van der Waals surface area contributed by atoms with E-state index in [-0.39, 0.29) is 42.4 Å². The van der Waals surface area contributed by atoms with Gasteiger partial charge in [0.25, 0.3) is 0 Å². The lowest BCUT2D eigenvalue weighted by molar-refractivity contribution is -0.192. The lowest BCUT2D eigenvalue weighted by atomic mass is 9.88. The van der Waals surface area contributed by atoms with Gasteiger partial charge in [-0.15, -0.1) is 0 Å². The van der Waals surface area contributed by atoms with Crippen molar-refractivity contribution in [2.24, 2.45) is 17.8 Å². The maximum Gasteiger partial charge on any atom is 0.490 e. The van der Waals surface area contributed by atoms with Gasteiger partial charge in [0.2, 0.25) is 23.6 Å². The molecule has 0 bridgehead atoms. The summed E-state index contributed by atoms with van der Waals surface area (Å²) in [5.74, 6) is -5.94. The Morgan fingerprint density at radius 3 is 2.08 bits per heavy atom. The zero-order valence-electron chi connectivity index (χ0n) is 36.3. The number of methoxy groups -OCH3 is 2. The first-order valence-corrected chi connectivity index (χ1v) is 20.6. The number of carbonyl (C=O) groups excluding carboxylic acids is 4. The number of carboxylic acid groups (broad SMARTS) is 2.